The molecule has 0 spiro atoms. The number of benzene rings is 1. The number of carbonyl (C=O) groups is 1. The van der Waals surface area contributed by atoms with Crippen LogP contribution >= 0.6 is 0 Å². The Morgan fingerprint density at radius 1 is 1.00 bits per heavy atom. The van der Waals surface area contributed by atoms with E-state index in [1.165, 1.54) is 18.3 Å². The van der Waals surface area contributed by atoms with Gasteiger partial charge in [-0.25, -0.2) is 4.79 Å². The first-order chi connectivity index (χ1) is 15.1. The van der Waals surface area contributed by atoms with Gasteiger partial charge in [-0.1, -0.05) is 53.7 Å². The van der Waals surface area contributed by atoms with Crippen molar-refractivity contribution in [2.24, 2.45) is 0 Å². The Balaban J connectivity index is 2.07. The summed E-state index contributed by atoms with van der Waals surface area (Å²) in [5.74, 6) is -1.000. The molecule has 2 aromatic heterocycles. The number of carboxylic acid groups (broad SMARTS) is 1. The fourth-order valence-electron chi connectivity index (χ4n) is 5.46. The number of nitrogens with zero attached hydrogens (tertiary/aromatic N) is 3. The third kappa shape index (κ3) is 4.01. The van der Waals surface area contributed by atoms with Crippen molar-refractivity contribution in [3.05, 3.63) is 66.1 Å². The first-order valence-corrected chi connectivity index (χ1v) is 13.2. The van der Waals surface area contributed by atoms with E-state index in [1.54, 1.807) is 6.07 Å². The van der Waals surface area contributed by atoms with Crippen LogP contribution in [0.25, 0.3) is 22.4 Å². The number of carboxylic acids is 1. The maximum atomic E-state index is 11.3. The highest BCUT2D eigenvalue weighted by Gasteiger charge is 2.45. The zero-order valence-corrected chi connectivity index (χ0v) is 20.6. The van der Waals surface area contributed by atoms with Crippen molar-refractivity contribution >= 4 is 14.2 Å². The van der Waals surface area contributed by atoms with Crippen LogP contribution in [-0.2, 0) is 0 Å². The van der Waals surface area contributed by atoms with Gasteiger partial charge in [0, 0.05) is 23.5 Å². The molecule has 0 atom stereocenters. The van der Waals surface area contributed by atoms with Crippen LogP contribution in [0.5, 0.6) is 0 Å². The summed E-state index contributed by atoms with van der Waals surface area (Å²) < 4.78 is 2.47. The highest BCUT2D eigenvalue weighted by atomic mass is 28.3. The summed E-state index contributed by atoms with van der Waals surface area (Å²) in [5.41, 5.74) is 5.62. The fourth-order valence-corrected chi connectivity index (χ4v) is 11.9. The summed E-state index contributed by atoms with van der Waals surface area (Å²) in [4.78, 5) is 15.6. The highest BCUT2D eigenvalue weighted by molar-refractivity contribution is 6.82. The number of nitriles is 1. The predicted molar refractivity (Wildman–Crippen MR) is 131 cm³/mol. The van der Waals surface area contributed by atoms with Crippen LogP contribution < -0.4 is 0 Å². The molecule has 166 valence electrons. The molecule has 5 nitrogen and oxygen atoms in total. The summed E-state index contributed by atoms with van der Waals surface area (Å²) in [6, 6.07) is 13.0. The van der Waals surface area contributed by atoms with E-state index >= 15 is 0 Å². The van der Waals surface area contributed by atoms with E-state index in [0.29, 0.717) is 27.9 Å². The fraction of sp³-hybridized carbons (Fsp3) is 0.346. The van der Waals surface area contributed by atoms with Crippen LogP contribution in [0.4, 0.5) is 0 Å². The van der Waals surface area contributed by atoms with Gasteiger partial charge in [-0.3, -0.25) is 4.98 Å². The van der Waals surface area contributed by atoms with Crippen molar-refractivity contribution in [1.29, 1.82) is 5.26 Å². The van der Waals surface area contributed by atoms with Crippen molar-refractivity contribution in [1.82, 2.24) is 9.22 Å². The molecule has 0 unspecified atom stereocenters. The van der Waals surface area contributed by atoms with Crippen LogP contribution in [0.1, 0.15) is 57.5 Å². The van der Waals surface area contributed by atoms with Crippen LogP contribution in [0.3, 0.4) is 0 Å². The van der Waals surface area contributed by atoms with Gasteiger partial charge in [0.05, 0.1) is 22.9 Å². The zero-order valence-electron chi connectivity index (χ0n) is 19.6. The van der Waals surface area contributed by atoms with E-state index in [2.05, 4.69) is 75.3 Å². The lowest BCUT2D eigenvalue weighted by Crippen LogP contribution is -2.51. The van der Waals surface area contributed by atoms with Crippen molar-refractivity contribution < 1.29 is 9.90 Å². The molecule has 3 rings (SSSR count). The van der Waals surface area contributed by atoms with E-state index in [4.69, 9.17) is 0 Å². The summed E-state index contributed by atoms with van der Waals surface area (Å²) >= 11 is 0. The van der Waals surface area contributed by atoms with E-state index in [1.807, 2.05) is 12.1 Å². The minimum absolute atomic E-state index is 0.173. The molecular formula is C26H31N3O2Si. The van der Waals surface area contributed by atoms with Gasteiger partial charge in [-0.05, 0) is 52.6 Å². The Hall–Kier alpha value is -3.17. The Labute approximate surface area is 191 Å². The smallest absolute Gasteiger partial charge is 0.335 e. The molecule has 0 fully saturated rings. The predicted octanol–water partition coefficient (Wildman–Crippen LogP) is 6.81. The molecule has 0 radical (unpaired) electrons. The van der Waals surface area contributed by atoms with Crippen LogP contribution in [0, 0.1) is 11.3 Å². The van der Waals surface area contributed by atoms with E-state index in [0.717, 1.165) is 16.7 Å². The van der Waals surface area contributed by atoms with E-state index in [-0.39, 0.29) is 5.56 Å². The number of hydrogen-bond donors (Lipinski definition) is 1. The molecule has 0 aliphatic rings. The van der Waals surface area contributed by atoms with Gasteiger partial charge in [0.15, 0.2) is 8.24 Å². The first-order valence-electron chi connectivity index (χ1n) is 11.1. The monoisotopic (exact) mass is 445 g/mol. The van der Waals surface area contributed by atoms with Gasteiger partial charge in [-0.2, -0.15) is 5.26 Å². The van der Waals surface area contributed by atoms with Gasteiger partial charge >= 0.3 is 5.97 Å². The van der Waals surface area contributed by atoms with Crippen molar-refractivity contribution in [2.75, 3.05) is 0 Å². The van der Waals surface area contributed by atoms with Crippen molar-refractivity contribution in [3.8, 4) is 28.5 Å². The standard InChI is InChI=1S/C26H31N3O2Si/c1-17(2)32(18(3)4,19(5)6)29-12-10-22(16-29)24-8-7-20(13-23(24)15-27)25-14-21(26(30)31)9-11-28-25/h7-14,16-19H,1-6H3,(H,30,31). The van der Waals surface area contributed by atoms with Gasteiger partial charge in [-0.15, -0.1) is 0 Å². The highest BCUT2D eigenvalue weighted by Crippen LogP contribution is 2.43. The van der Waals surface area contributed by atoms with Crippen molar-refractivity contribution in [2.45, 2.75) is 58.2 Å². The van der Waals surface area contributed by atoms with Gasteiger partial charge in [0.25, 0.3) is 0 Å². The largest absolute Gasteiger partial charge is 0.478 e. The Morgan fingerprint density at radius 2 is 1.66 bits per heavy atom. The molecule has 0 amide bonds. The summed E-state index contributed by atoms with van der Waals surface area (Å²) in [6.07, 6.45) is 5.88. The minimum Gasteiger partial charge on any atom is -0.478 e. The molecular weight excluding hydrogens is 414 g/mol. The first kappa shape index (κ1) is 23.5. The third-order valence-corrected chi connectivity index (χ3v) is 13.4. The number of hydrogen-bond acceptors (Lipinski definition) is 3. The maximum Gasteiger partial charge on any atom is 0.335 e. The second-order valence-corrected chi connectivity index (χ2v) is 15.0. The Morgan fingerprint density at radius 3 is 2.22 bits per heavy atom. The lowest BCUT2D eigenvalue weighted by Gasteiger charge is -2.44. The molecule has 1 aromatic carbocycles. The molecule has 2 heterocycles. The average molecular weight is 446 g/mol. The van der Waals surface area contributed by atoms with Crippen LogP contribution in [0.2, 0.25) is 16.6 Å². The van der Waals surface area contributed by atoms with Crippen molar-refractivity contribution in [3.63, 3.8) is 0 Å². The molecule has 0 bridgehead atoms. The SMILES string of the molecule is CC(C)[Si](C(C)C)(C(C)C)n1ccc(-c2ccc(-c3cc(C(=O)O)ccn3)cc2C#N)c1. The zero-order chi connectivity index (χ0) is 23.6. The minimum atomic E-state index is -1.86. The molecule has 0 aliphatic heterocycles. The molecule has 1 N–H and O–H groups in total. The van der Waals surface area contributed by atoms with E-state index < -0.39 is 14.2 Å². The van der Waals surface area contributed by atoms with Gasteiger partial charge in [0.2, 0.25) is 0 Å². The summed E-state index contributed by atoms with van der Waals surface area (Å²) in [5, 5.41) is 19.1. The average Bonchev–Trinajstić information content (AvgIpc) is 3.22. The maximum absolute atomic E-state index is 11.3. The van der Waals surface area contributed by atoms with Gasteiger partial charge in [0.1, 0.15) is 0 Å². The number of aromatic nitrogens is 2. The molecule has 0 saturated carbocycles. The lowest BCUT2D eigenvalue weighted by molar-refractivity contribution is 0.0697. The number of rotatable bonds is 7. The van der Waals surface area contributed by atoms with E-state index in [9.17, 15) is 15.2 Å². The number of pyridine rings is 1. The normalized spacial score (nSPS) is 11.9. The quantitative estimate of drug-likeness (QED) is 0.405. The molecule has 6 heteroatoms. The van der Waals surface area contributed by atoms with Crippen LogP contribution in [-0.4, -0.2) is 28.5 Å². The second-order valence-electron chi connectivity index (χ2n) is 9.27. The third-order valence-electron chi connectivity index (χ3n) is 6.67. The molecule has 0 saturated heterocycles. The second kappa shape index (κ2) is 9.13. The topological polar surface area (TPSA) is 78.9 Å². The Bertz CT molecular complexity index is 1150. The lowest BCUT2D eigenvalue weighted by atomic mass is 9.98. The summed E-state index contributed by atoms with van der Waals surface area (Å²) in [6.45, 7) is 14.0. The number of aromatic carboxylic acids is 1. The van der Waals surface area contributed by atoms with Gasteiger partial charge < -0.3 is 9.34 Å². The molecule has 0 aliphatic carbocycles. The molecule has 32 heavy (non-hydrogen) atoms. The molecule has 3 aromatic rings. The summed E-state index contributed by atoms with van der Waals surface area (Å²) in [7, 11) is -1.86. The van der Waals surface area contributed by atoms with Crippen LogP contribution in [0.15, 0.2) is 55.0 Å². The Kier molecular flexibility index (Phi) is 6.70.